The SMILES string of the molecule is C=C[C@@H](C)[C@@H](O)[C@@]1(C)CCC=C[C@H]1N(C)C. The number of rotatable bonds is 4. The topological polar surface area (TPSA) is 23.5 Å². The van der Waals surface area contributed by atoms with E-state index in [-0.39, 0.29) is 17.4 Å². The maximum absolute atomic E-state index is 10.5. The molecule has 1 N–H and O–H groups in total. The van der Waals surface area contributed by atoms with E-state index in [1.54, 1.807) is 0 Å². The molecule has 0 amide bonds. The number of hydrogen-bond acceptors (Lipinski definition) is 2. The lowest BCUT2D eigenvalue weighted by atomic mass is 9.67. The third kappa shape index (κ3) is 2.38. The zero-order chi connectivity index (χ0) is 12.3. The van der Waals surface area contributed by atoms with Gasteiger partial charge in [0.05, 0.1) is 6.10 Å². The predicted octanol–water partition coefficient (Wildman–Crippen LogP) is 2.46. The second-order valence-corrected chi connectivity index (χ2v) is 5.42. The zero-order valence-electron chi connectivity index (χ0n) is 11.0. The summed E-state index contributed by atoms with van der Waals surface area (Å²) in [5, 5.41) is 10.5. The van der Waals surface area contributed by atoms with E-state index in [9.17, 15) is 5.11 Å². The van der Waals surface area contributed by atoms with E-state index in [1.807, 2.05) is 13.0 Å². The van der Waals surface area contributed by atoms with Gasteiger partial charge in [0.1, 0.15) is 0 Å². The fraction of sp³-hybridized carbons (Fsp3) is 0.714. The van der Waals surface area contributed by atoms with Crippen molar-refractivity contribution in [2.45, 2.75) is 38.8 Å². The molecule has 0 aromatic rings. The average Bonchev–Trinajstić information content (AvgIpc) is 2.27. The van der Waals surface area contributed by atoms with Gasteiger partial charge in [0.2, 0.25) is 0 Å². The molecule has 0 heterocycles. The molecule has 0 radical (unpaired) electrons. The highest BCUT2D eigenvalue weighted by Crippen LogP contribution is 2.40. The van der Waals surface area contributed by atoms with E-state index in [2.05, 4.69) is 44.6 Å². The van der Waals surface area contributed by atoms with Crippen molar-refractivity contribution in [1.82, 2.24) is 4.90 Å². The third-order valence-corrected chi connectivity index (χ3v) is 3.95. The van der Waals surface area contributed by atoms with Gasteiger partial charge in [-0.05, 0) is 26.9 Å². The maximum atomic E-state index is 10.5. The number of aliphatic hydroxyl groups is 1. The zero-order valence-corrected chi connectivity index (χ0v) is 11.0. The molecular formula is C14H25NO. The predicted molar refractivity (Wildman–Crippen MR) is 69.3 cm³/mol. The standard InChI is InChI=1S/C14H25NO/c1-6-11(2)13(16)14(3)10-8-7-9-12(14)15(4)5/h6-7,9,11-13,16H,1,8,10H2,2-5H3/t11-,12-,13-,14+/m1/s1. The molecule has 0 aromatic carbocycles. The minimum absolute atomic E-state index is 0.0775. The van der Waals surface area contributed by atoms with Crippen LogP contribution in [0.4, 0.5) is 0 Å². The Morgan fingerprint density at radius 1 is 1.56 bits per heavy atom. The molecule has 1 aliphatic carbocycles. The van der Waals surface area contributed by atoms with Crippen molar-refractivity contribution < 1.29 is 5.11 Å². The van der Waals surface area contributed by atoms with Gasteiger partial charge in [-0.3, -0.25) is 0 Å². The van der Waals surface area contributed by atoms with Gasteiger partial charge in [0.25, 0.3) is 0 Å². The fourth-order valence-electron chi connectivity index (χ4n) is 2.80. The van der Waals surface area contributed by atoms with E-state index in [4.69, 9.17) is 0 Å². The third-order valence-electron chi connectivity index (χ3n) is 3.95. The van der Waals surface area contributed by atoms with Gasteiger partial charge < -0.3 is 10.0 Å². The highest BCUT2D eigenvalue weighted by atomic mass is 16.3. The fourth-order valence-corrected chi connectivity index (χ4v) is 2.80. The molecule has 1 aliphatic rings. The van der Waals surface area contributed by atoms with Crippen LogP contribution in [0.25, 0.3) is 0 Å². The van der Waals surface area contributed by atoms with E-state index < -0.39 is 0 Å². The first-order valence-corrected chi connectivity index (χ1v) is 6.07. The Bertz CT molecular complexity index is 272. The highest BCUT2D eigenvalue weighted by Gasteiger charge is 2.43. The summed E-state index contributed by atoms with van der Waals surface area (Å²) in [4.78, 5) is 2.19. The highest BCUT2D eigenvalue weighted by molar-refractivity contribution is 5.11. The summed E-state index contributed by atoms with van der Waals surface area (Å²) in [7, 11) is 4.15. The van der Waals surface area contributed by atoms with Crippen molar-refractivity contribution in [1.29, 1.82) is 0 Å². The Kier molecular flexibility index (Phi) is 4.34. The normalized spacial score (nSPS) is 33.8. The first-order valence-electron chi connectivity index (χ1n) is 6.07. The summed E-state index contributed by atoms with van der Waals surface area (Å²) in [6.45, 7) is 8.01. The lowest BCUT2D eigenvalue weighted by molar-refractivity contribution is -0.0346. The van der Waals surface area contributed by atoms with E-state index in [0.29, 0.717) is 6.04 Å². The van der Waals surface area contributed by atoms with Gasteiger partial charge >= 0.3 is 0 Å². The largest absolute Gasteiger partial charge is 0.392 e. The Balaban J connectivity index is 2.95. The number of allylic oxidation sites excluding steroid dienone is 1. The summed E-state index contributed by atoms with van der Waals surface area (Å²) in [5.41, 5.74) is -0.0775. The van der Waals surface area contributed by atoms with Crippen molar-refractivity contribution in [2.75, 3.05) is 14.1 Å². The second-order valence-electron chi connectivity index (χ2n) is 5.42. The molecule has 4 atom stereocenters. The van der Waals surface area contributed by atoms with E-state index in [1.165, 1.54) is 0 Å². The summed E-state index contributed by atoms with van der Waals surface area (Å²) >= 11 is 0. The smallest absolute Gasteiger partial charge is 0.0671 e. The van der Waals surface area contributed by atoms with Crippen molar-refractivity contribution >= 4 is 0 Å². The molecule has 16 heavy (non-hydrogen) atoms. The van der Waals surface area contributed by atoms with Crippen LogP contribution in [0.3, 0.4) is 0 Å². The number of hydrogen-bond donors (Lipinski definition) is 1. The van der Waals surface area contributed by atoms with Gasteiger partial charge in [-0.1, -0.05) is 32.1 Å². The van der Waals surface area contributed by atoms with Gasteiger partial charge in [-0.25, -0.2) is 0 Å². The first kappa shape index (κ1) is 13.5. The monoisotopic (exact) mass is 223 g/mol. The minimum atomic E-state index is -0.331. The molecule has 2 heteroatoms. The van der Waals surface area contributed by atoms with Crippen LogP contribution in [0.1, 0.15) is 26.7 Å². The van der Waals surface area contributed by atoms with Crippen molar-refractivity contribution in [3.8, 4) is 0 Å². The molecule has 0 aliphatic heterocycles. The Hall–Kier alpha value is -0.600. The molecule has 0 unspecified atom stereocenters. The summed E-state index contributed by atoms with van der Waals surface area (Å²) in [5.74, 6) is 0.138. The van der Waals surface area contributed by atoms with Gasteiger partial charge in [-0.2, -0.15) is 0 Å². The molecule has 0 bridgehead atoms. The Morgan fingerprint density at radius 2 is 2.19 bits per heavy atom. The molecular weight excluding hydrogens is 198 g/mol. The van der Waals surface area contributed by atoms with E-state index >= 15 is 0 Å². The molecule has 0 fully saturated rings. The molecule has 0 saturated carbocycles. The number of nitrogens with zero attached hydrogens (tertiary/aromatic N) is 1. The Labute approximate surface area is 99.7 Å². The first-order chi connectivity index (χ1) is 7.43. The Morgan fingerprint density at radius 3 is 2.69 bits per heavy atom. The quantitative estimate of drug-likeness (QED) is 0.740. The van der Waals surface area contributed by atoms with Crippen LogP contribution in [0.2, 0.25) is 0 Å². The second kappa shape index (κ2) is 5.15. The number of aliphatic hydroxyl groups excluding tert-OH is 1. The summed E-state index contributed by atoms with van der Waals surface area (Å²) < 4.78 is 0. The van der Waals surface area contributed by atoms with Crippen LogP contribution < -0.4 is 0 Å². The van der Waals surface area contributed by atoms with Crippen LogP contribution in [0.5, 0.6) is 0 Å². The molecule has 1 rings (SSSR count). The lowest BCUT2D eigenvalue weighted by Crippen LogP contribution is -2.51. The van der Waals surface area contributed by atoms with Gasteiger partial charge in [0.15, 0.2) is 0 Å². The molecule has 0 aromatic heterocycles. The molecule has 0 saturated heterocycles. The molecule has 0 spiro atoms. The average molecular weight is 223 g/mol. The van der Waals surface area contributed by atoms with Crippen molar-refractivity contribution in [2.24, 2.45) is 11.3 Å². The maximum Gasteiger partial charge on any atom is 0.0671 e. The van der Waals surface area contributed by atoms with Crippen LogP contribution in [0.15, 0.2) is 24.8 Å². The number of likely N-dealkylation sites (N-methyl/N-ethyl adjacent to an activating group) is 1. The van der Waals surface area contributed by atoms with Gasteiger partial charge in [-0.15, -0.1) is 6.58 Å². The lowest BCUT2D eigenvalue weighted by Gasteiger charge is -2.46. The van der Waals surface area contributed by atoms with Crippen LogP contribution in [0, 0.1) is 11.3 Å². The van der Waals surface area contributed by atoms with Crippen LogP contribution >= 0.6 is 0 Å². The minimum Gasteiger partial charge on any atom is -0.392 e. The molecule has 2 nitrogen and oxygen atoms in total. The van der Waals surface area contributed by atoms with Crippen LogP contribution in [-0.2, 0) is 0 Å². The van der Waals surface area contributed by atoms with Crippen LogP contribution in [-0.4, -0.2) is 36.2 Å². The van der Waals surface area contributed by atoms with Gasteiger partial charge in [0, 0.05) is 17.4 Å². The van der Waals surface area contributed by atoms with Crippen molar-refractivity contribution in [3.05, 3.63) is 24.8 Å². The summed E-state index contributed by atoms with van der Waals surface area (Å²) in [6, 6.07) is 0.304. The molecule has 92 valence electrons. The summed E-state index contributed by atoms with van der Waals surface area (Å²) in [6.07, 6.45) is 8.05. The van der Waals surface area contributed by atoms with E-state index in [0.717, 1.165) is 12.8 Å². The van der Waals surface area contributed by atoms with Crippen molar-refractivity contribution in [3.63, 3.8) is 0 Å².